The Morgan fingerprint density at radius 2 is 2.12 bits per heavy atom. The van der Waals surface area contributed by atoms with Crippen molar-refractivity contribution in [1.82, 2.24) is 14.6 Å². The van der Waals surface area contributed by atoms with E-state index in [1.165, 1.54) is 5.56 Å². The van der Waals surface area contributed by atoms with E-state index in [4.69, 9.17) is 0 Å². The van der Waals surface area contributed by atoms with Crippen LogP contribution in [0.25, 0.3) is 5.65 Å². The molecule has 2 aromatic heterocycles. The Kier molecular flexibility index (Phi) is 3.31. The molecular formula is C13H20N4. The molecule has 2 heterocycles. The first-order valence-electron chi connectivity index (χ1n) is 6.19. The number of aryl methyl sites for hydroxylation is 1. The second-order valence-corrected chi connectivity index (χ2v) is 4.85. The van der Waals surface area contributed by atoms with E-state index in [0.717, 1.165) is 18.0 Å². The van der Waals surface area contributed by atoms with E-state index in [1.54, 1.807) is 0 Å². The average Bonchev–Trinajstić information content (AvgIpc) is 2.66. The molecule has 1 unspecified atom stereocenters. The molecule has 0 spiro atoms. The van der Waals surface area contributed by atoms with Crippen molar-refractivity contribution in [3.8, 4) is 0 Å². The maximum Gasteiger partial charge on any atom is 0.243 e. The van der Waals surface area contributed by atoms with Gasteiger partial charge in [0.1, 0.15) is 0 Å². The third-order valence-electron chi connectivity index (χ3n) is 3.04. The van der Waals surface area contributed by atoms with Gasteiger partial charge in [0.2, 0.25) is 5.95 Å². The number of aromatic nitrogens is 3. The van der Waals surface area contributed by atoms with Gasteiger partial charge in [-0.15, -0.1) is 5.10 Å². The molecule has 0 aromatic carbocycles. The molecule has 2 rings (SSSR count). The summed E-state index contributed by atoms with van der Waals surface area (Å²) in [5.41, 5.74) is 2.07. The zero-order valence-corrected chi connectivity index (χ0v) is 10.9. The molecule has 1 N–H and O–H groups in total. The summed E-state index contributed by atoms with van der Waals surface area (Å²) in [5.74, 6) is 1.30. The van der Waals surface area contributed by atoms with E-state index in [2.05, 4.69) is 43.1 Å². The van der Waals surface area contributed by atoms with Crippen LogP contribution in [-0.2, 0) is 0 Å². The highest BCUT2D eigenvalue weighted by Crippen LogP contribution is 2.13. The Labute approximate surface area is 102 Å². The molecule has 0 aliphatic heterocycles. The Hall–Kier alpha value is -1.58. The van der Waals surface area contributed by atoms with Crippen LogP contribution in [0.4, 0.5) is 5.95 Å². The van der Waals surface area contributed by atoms with Gasteiger partial charge in [0.25, 0.3) is 0 Å². The van der Waals surface area contributed by atoms with Crippen molar-refractivity contribution in [2.75, 3.05) is 5.32 Å². The first kappa shape index (κ1) is 11.9. The van der Waals surface area contributed by atoms with Gasteiger partial charge in [-0.05, 0) is 30.9 Å². The maximum absolute atomic E-state index is 4.46. The lowest BCUT2D eigenvalue weighted by Crippen LogP contribution is -2.25. The molecule has 17 heavy (non-hydrogen) atoms. The van der Waals surface area contributed by atoms with Gasteiger partial charge in [-0.2, -0.15) is 4.98 Å². The number of hydrogen-bond donors (Lipinski definition) is 1. The van der Waals surface area contributed by atoms with Crippen molar-refractivity contribution in [3.05, 3.63) is 23.9 Å². The van der Waals surface area contributed by atoms with Gasteiger partial charge in [0.05, 0.1) is 0 Å². The second kappa shape index (κ2) is 4.73. The van der Waals surface area contributed by atoms with Gasteiger partial charge in [-0.25, -0.2) is 4.52 Å². The van der Waals surface area contributed by atoms with Gasteiger partial charge in [0, 0.05) is 12.2 Å². The Morgan fingerprint density at radius 1 is 1.35 bits per heavy atom. The number of anilines is 1. The first-order chi connectivity index (χ1) is 8.10. The van der Waals surface area contributed by atoms with Crippen LogP contribution >= 0.6 is 0 Å². The van der Waals surface area contributed by atoms with Gasteiger partial charge >= 0.3 is 0 Å². The molecule has 0 bridgehead atoms. The van der Waals surface area contributed by atoms with Gasteiger partial charge in [-0.1, -0.05) is 26.8 Å². The van der Waals surface area contributed by atoms with Crippen LogP contribution in [0.3, 0.4) is 0 Å². The fourth-order valence-electron chi connectivity index (χ4n) is 1.95. The Morgan fingerprint density at radius 3 is 2.76 bits per heavy atom. The van der Waals surface area contributed by atoms with E-state index < -0.39 is 0 Å². The molecule has 92 valence electrons. The molecule has 0 amide bonds. The topological polar surface area (TPSA) is 42.2 Å². The molecule has 0 aliphatic carbocycles. The van der Waals surface area contributed by atoms with E-state index in [9.17, 15) is 0 Å². The van der Waals surface area contributed by atoms with Crippen molar-refractivity contribution in [2.24, 2.45) is 5.92 Å². The molecular weight excluding hydrogens is 212 g/mol. The van der Waals surface area contributed by atoms with E-state index in [1.807, 2.05) is 22.8 Å². The summed E-state index contributed by atoms with van der Waals surface area (Å²) in [6, 6.07) is 4.46. The lowest BCUT2D eigenvalue weighted by molar-refractivity contribution is 0.508. The van der Waals surface area contributed by atoms with Crippen LogP contribution in [0.2, 0.25) is 0 Å². The molecule has 2 aromatic rings. The predicted octanol–water partition coefficient (Wildman–Crippen LogP) is 2.88. The minimum absolute atomic E-state index is 0.425. The summed E-state index contributed by atoms with van der Waals surface area (Å²) < 4.78 is 1.82. The number of pyridine rings is 1. The van der Waals surface area contributed by atoms with Crippen LogP contribution in [-0.4, -0.2) is 20.6 Å². The molecule has 0 fully saturated rings. The van der Waals surface area contributed by atoms with Crippen LogP contribution in [0.5, 0.6) is 0 Å². The van der Waals surface area contributed by atoms with Crippen LogP contribution in [0, 0.1) is 12.8 Å². The number of nitrogens with zero attached hydrogens (tertiary/aromatic N) is 3. The zero-order valence-electron chi connectivity index (χ0n) is 10.9. The fraction of sp³-hybridized carbons (Fsp3) is 0.538. The SMILES string of the molecule is CCC(Nc1nc2ccc(C)cn2n1)C(C)C. The van der Waals surface area contributed by atoms with Crippen molar-refractivity contribution in [2.45, 2.75) is 40.2 Å². The lowest BCUT2D eigenvalue weighted by Gasteiger charge is -2.19. The Bertz CT molecular complexity index is 501. The third kappa shape index (κ3) is 2.57. The maximum atomic E-state index is 4.46. The van der Waals surface area contributed by atoms with Gasteiger partial charge < -0.3 is 5.32 Å². The summed E-state index contributed by atoms with van der Waals surface area (Å²) in [6.45, 7) is 8.65. The standard InChI is InChI=1S/C13H20N4/c1-5-11(9(2)3)14-13-15-12-7-6-10(4)8-17(12)16-13/h6-9,11H,5H2,1-4H3,(H,14,16). The number of nitrogens with one attached hydrogen (secondary N) is 1. The van der Waals surface area contributed by atoms with Crippen molar-refractivity contribution in [1.29, 1.82) is 0 Å². The molecule has 1 atom stereocenters. The summed E-state index contributed by atoms with van der Waals surface area (Å²) in [7, 11) is 0. The highest BCUT2D eigenvalue weighted by Gasteiger charge is 2.13. The van der Waals surface area contributed by atoms with E-state index in [0.29, 0.717) is 12.0 Å². The summed E-state index contributed by atoms with van der Waals surface area (Å²) >= 11 is 0. The fourth-order valence-corrected chi connectivity index (χ4v) is 1.95. The Balaban J connectivity index is 2.24. The summed E-state index contributed by atoms with van der Waals surface area (Å²) in [5, 5.41) is 7.83. The number of rotatable bonds is 4. The lowest BCUT2D eigenvalue weighted by atomic mass is 10.0. The smallest absolute Gasteiger partial charge is 0.243 e. The monoisotopic (exact) mass is 232 g/mol. The highest BCUT2D eigenvalue weighted by molar-refractivity contribution is 5.44. The quantitative estimate of drug-likeness (QED) is 0.881. The van der Waals surface area contributed by atoms with Crippen molar-refractivity contribution < 1.29 is 0 Å². The van der Waals surface area contributed by atoms with Crippen LogP contribution in [0.15, 0.2) is 18.3 Å². The molecule has 0 saturated heterocycles. The van der Waals surface area contributed by atoms with E-state index in [-0.39, 0.29) is 0 Å². The van der Waals surface area contributed by atoms with Crippen molar-refractivity contribution in [3.63, 3.8) is 0 Å². The van der Waals surface area contributed by atoms with E-state index >= 15 is 0 Å². The minimum Gasteiger partial charge on any atom is -0.350 e. The molecule has 0 radical (unpaired) electrons. The number of hydrogen-bond acceptors (Lipinski definition) is 3. The van der Waals surface area contributed by atoms with Gasteiger partial charge in [0.15, 0.2) is 5.65 Å². The second-order valence-electron chi connectivity index (χ2n) is 4.85. The molecule has 4 nitrogen and oxygen atoms in total. The molecule has 0 aliphatic rings. The number of fused-ring (bicyclic) bond motifs is 1. The van der Waals surface area contributed by atoms with Crippen LogP contribution in [0.1, 0.15) is 32.8 Å². The zero-order chi connectivity index (χ0) is 12.4. The first-order valence-corrected chi connectivity index (χ1v) is 6.19. The molecule has 0 saturated carbocycles. The summed E-state index contributed by atoms with van der Waals surface area (Å²) in [4.78, 5) is 4.46. The predicted molar refractivity (Wildman–Crippen MR) is 70.3 cm³/mol. The average molecular weight is 232 g/mol. The third-order valence-corrected chi connectivity index (χ3v) is 3.04. The normalized spacial score (nSPS) is 13.2. The highest BCUT2D eigenvalue weighted by atomic mass is 15.3. The van der Waals surface area contributed by atoms with Gasteiger partial charge in [-0.3, -0.25) is 0 Å². The molecule has 4 heteroatoms. The van der Waals surface area contributed by atoms with Crippen molar-refractivity contribution >= 4 is 11.6 Å². The largest absolute Gasteiger partial charge is 0.350 e. The minimum atomic E-state index is 0.425. The summed E-state index contributed by atoms with van der Waals surface area (Å²) in [6.07, 6.45) is 3.07. The van der Waals surface area contributed by atoms with Crippen LogP contribution < -0.4 is 5.32 Å².